The Morgan fingerprint density at radius 3 is 1.37 bits per heavy atom. The van der Waals surface area contributed by atoms with Gasteiger partial charge >= 0.3 is 0 Å². The van der Waals surface area contributed by atoms with Crippen LogP contribution in [0.1, 0.15) is 25.7 Å². The number of hydrogen-bond donors (Lipinski definition) is 0. The topological polar surface area (TPSA) is 77.5 Å². The fourth-order valence-corrected chi connectivity index (χ4v) is 6.02. The lowest BCUT2D eigenvalue weighted by Gasteiger charge is -2.52. The average molecular weight is 425 g/mol. The van der Waals surface area contributed by atoms with Crippen molar-refractivity contribution in [2.75, 3.05) is 80.0 Å². The summed E-state index contributed by atoms with van der Waals surface area (Å²) < 4.78 is 22.7. The number of rotatable bonds is 11. The third-order valence-electron chi connectivity index (χ3n) is 7.68. The van der Waals surface area contributed by atoms with Crippen LogP contribution in [0.4, 0.5) is 0 Å². The van der Waals surface area contributed by atoms with Crippen LogP contribution in [-0.2, 0) is 28.5 Å². The Hall–Kier alpha value is -0.900. The Kier molecular flexibility index (Phi) is 6.91. The van der Waals surface area contributed by atoms with E-state index >= 15 is 0 Å². The average Bonchev–Trinajstić information content (AvgIpc) is 2.78. The van der Waals surface area contributed by atoms with Crippen molar-refractivity contribution in [2.45, 2.75) is 36.8 Å². The van der Waals surface area contributed by atoms with E-state index in [1.807, 2.05) is 0 Å². The number of nitrogens with zero attached hydrogens (tertiary/aromatic N) is 2. The van der Waals surface area contributed by atoms with Crippen molar-refractivity contribution in [2.24, 2.45) is 11.8 Å². The molecule has 6 fully saturated rings. The van der Waals surface area contributed by atoms with Crippen molar-refractivity contribution < 1.29 is 28.5 Å². The van der Waals surface area contributed by atoms with E-state index in [1.54, 1.807) is 14.2 Å². The molecule has 0 radical (unpaired) electrons. The number of fused-ring (bicyclic) bond motifs is 6. The highest BCUT2D eigenvalue weighted by Gasteiger charge is 2.54. The summed E-state index contributed by atoms with van der Waals surface area (Å²) >= 11 is 0. The smallest absolute Gasteiger partial charge is 0.160 e. The zero-order valence-electron chi connectivity index (χ0n) is 18.4. The summed E-state index contributed by atoms with van der Waals surface area (Å²) in [6.07, 6.45) is 3.78. The molecule has 6 rings (SSSR count). The molecule has 0 aromatic heterocycles. The van der Waals surface area contributed by atoms with Gasteiger partial charge in [0, 0.05) is 26.1 Å². The van der Waals surface area contributed by atoms with Crippen LogP contribution >= 0.6 is 0 Å². The molecular formula is C22H36N2O6. The van der Waals surface area contributed by atoms with Gasteiger partial charge in [-0.2, -0.15) is 0 Å². The van der Waals surface area contributed by atoms with Gasteiger partial charge in [0.15, 0.2) is 11.6 Å². The molecule has 0 N–H and O–H groups in total. The van der Waals surface area contributed by atoms with Crippen molar-refractivity contribution in [3.63, 3.8) is 0 Å². The van der Waals surface area contributed by atoms with E-state index in [0.29, 0.717) is 39.6 Å². The van der Waals surface area contributed by atoms with Crippen LogP contribution in [0.25, 0.3) is 0 Å². The lowest BCUT2D eigenvalue weighted by atomic mass is 9.74. The quantitative estimate of drug-likeness (QED) is 0.441. The van der Waals surface area contributed by atoms with Crippen LogP contribution < -0.4 is 0 Å². The fourth-order valence-electron chi connectivity index (χ4n) is 6.02. The lowest BCUT2D eigenvalue weighted by Crippen LogP contribution is -2.69. The molecule has 0 aromatic rings. The Labute approximate surface area is 179 Å². The van der Waals surface area contributed by atoms with E-state index in [1.165, 1.54) is 0 Å². The monoisotopic (exact) mass is 424 g/mol. The molecule has 0 unspecified atom stereocenters. The van der Waals surface area contributed by atoms with Gasteiger partial charge in [0.1, 0.15) is 11.1 Å². The number of piperidine rings is 6. The highest BCUT2D eigenvalue weighted by Crippen LogP contribution is 2.38. The van der Waals surface area contributed by atoms with Gasteiger partial charge in [-0.1, -0.05) is 0 Å². The predicted octanol–water partition coefficient (Wildman–Crippen LogP) is 0.379. The van der Waals surface area contributed by atoms with Gasteiger partial charge < -0.3 is 18.9 Å². The molecule has 6 aliphatic rings. The molecule has 2 atom stereocenters. The predicted molar refractivity (Wildman–Crippen MR) is 109 cm³/mol. The molecule has 0 saturated carbocycles. The van der Waals surface area contributed by atoms with E-state index in [-0.39, 0.29) is 23.4 Å². The number of ketones is 2. The molecule has 170 valence electrons. The Morgan fingerprint density at radius 1 is 0.700 bits per heavy atom. The number of carbonyl (C=O) groups is 2. The maximum absolute atomic E-state index is 13.0. The first-order chi connectivity index (χ1) is 14.6. The molecule has 8 heteroatoms. The summed E-state index contributed by atoms with van der Waals surface area (Å²) in [7, 11) is 3.28. The largest absolute Gasteiger partial charge is 0.382 e. The maximum atomic E-state index is 13.0. The molecule has 4 bridgehead atoms. The van der Waals surface area contributed by atoms with Crippen molar-refractivity contribution in [1.82, 2.24) is 9.80 Å². The fraction of sp³-hybridized carbons (Fsp3) is 0.909. The van der Waals surface area contributed by atoms with Gasteiger partial charge in [0.25, 0.3) is 0 Å². The van der Waals surface area contributed by atoms with Crippen molar-refractivity contribution in [3.05, 3.63) is 0 Å². The number of hydrogen-bond acceptors (Lipinski definition) is 8. The van der Waals surface area contributed by atoms with Gasteiger partial charge in [0.05, 0.1) is 39.6 Å². The third kappa shape index (κ3) is 3.76. The van der Waals surface area contributed by atoms with Gasteiger partial charge in [-0.25, -0.2) is 0 Å². The number of carbonyl (C=O) groups excluding carboxylic acids is 2. The Bertz CT molecular complexity index is 575. The van der Waals surface area contributed by atoms with Crippen LogP contribution in [0.5, 0.6) is 0 Å². The summed E-state index contributed by atoms with van der Waals surface area (Å²) in [6, 6.07) is 0. The van der Waals surface area contributed by atoms with E-state index < -0.39 is 11.1 Å². The van der Waals surface area contributed by atoms with E-state index in [4.69, 9.17) is 18.9 Å². The molecule has 30 heavy (non-hydrogen) atoms. The van der Waals surface area contributed by atoms with Crippen molar-refractivity contribution >= 4 is 11.6 Å². The molecule has 0 aliphatic carbocycles. The number of Topliss-reactive ketones (excluding diaryl/α,β-unsaturated/α-hetero) is 2. The van der Waals surface area contributed by atoms with Crippen LogP contribution in [0.15, 0.2) is 0 Å². The normalized spacial score (nSPS) is 40.3. The molecule has 8 nitrogen and oxygen atoms in total. The standard InChI is InChI=1S/C22H36N2O6/c1-27-13-21(19(25)17-3-7-23(21)8-4-17)15-29-11-12-30-16-22(14-28-2)20(26)18-5-9-24(22)10-6-18/h17-18H,3-16H2,1-2H3/t21-,22-/m0/s1. The van der Waals surface area contributed by atoms with Gasteiger partial charge in [0.2, 0.25) is 0 Å². The summed E-state index contributed by atoms with van der Waals surface area (Å²) in [5.74, 6) is 0.804. The van der Waals surface area contributed by atoms with Gasteiger partial charge in [-0.05, 0) is 51.9 Å². The first kappa shape index (κ1) is 22.3. The van der Waals surface area contributed by atoms with Crippen LogP contribution in [0.2, 0.25) is 0 Å². The van der Waals surface area contributed by atoms with E-state index in [9.17, 15) is 9.59 Å². The highest BCUT2D eigenvalue weighted by atomic mass is 16.5. The highest BCUT2D eigenvalue weighted by molar-refractivity contribution is 5.93. The SMILES string of the molecule is COC[C@]1(COCCOC[C@@]2(COC)C(=O)C3CCN2CC3)C(=O)C2CCN1CC2. The zero-order chi connectivity index (χ0) is 21.2. The molecule has 0 amide bonds. The molecule has 6 saturated heterocycles. The summed E-state index contributed by atoms with van der Waals surface area (Å²) in [5.41, 5.74) is -1.31. The molecular weight excluding hydrogens is 388 g/mol. The van der Waals surface area contributed by atoms with E-state index in [0.717, 1.165) is 51.9 Å². The minimum atomic E-state index is -0.655. The second-order valence-electron chi connectivity index (χ2n) is 9.29. The van der Waals surface area contributed by atoms with Crippen LogP contribution in [-0.4, -0.2) is 112 Å². The Morgan fingerprint density at radius 2 is 1.07 bits per heavy atom. The van der Waals surface area contributed by atoms with Crippen LogP contribution in [0.3, 0.4) is 0 Å². The molecule has 6 heterocycles. The Balaban J connectivity index is 1.27. The second kappa shape index (κ2) is 9.30. The maximum Gasteiger partial charge on any atom is 0.160 e. The molecule has 0 aromatic carbocycles. The van der Waals surface area contributed by atoms with Crippen molar-refractivity contribution in [1.29, 1.82) is 0 Å². The third-order valence-corrected chi connectivity index (χ3v) is 7.68. The summed E-state index contributed by atoms with van der Waals surface area (Å²) in [4.78, 5) is 30.4. The van der Waals surface area contributed by atoms with Gasteiger partial charge in [-0.15, -0.1) is 0 Å². The second-order valence-corrected chi connectivity index (χ2v) is 9.29. The molecule has 6 aliphatic heterocycles. The number of methoxy groups -OCH3 is 2. The first-order valence-corrected chi connectivity index (χ1v) is 11.3. The summed E-state index contributed by atoms with van der Waals surface area (Å²) in [5, 5.41) is 0. The number of ether oxygens (including phenoxy) is 4. The minimum Gasteiger partial charge on any atom is -0.382 e. The summed E-state index contributed by atoms with van der Waals surface area (Å²) in [6.45, 7) is 5.88. The first-order valence-electron chi connectivity index (χ1n) is 11.3. The van der Waals surface area contributed by atoms with E-state index in [2.05, 4.69) is 9.80 Å². The minimum absolute atomic E-state index is 0.140. The van der Waals surface area contributed by atoms with Gasteiger partial charge in [-0.3, -0.25) is 19.4 Å². The lowest BCUT2D eigenvalue weighted by molar-refractivity contribution is -0.165. The van der Waals surface area contributed by atoms with Crippen molar-refractivity contribution in [3.8, 4) is 0 Å². The zero-order valence-corrected chi connectivity index (χ0v) is 18.4. The van der Waals surface area contributed by atoms with Crippen LogP contribution in [0, 0.1) is 11.8 Å². The molecule has 0 spiro atoms.